The summed E-state index contributed by atoms with van der Waals surface area (Å²) < 4.78 is 10.5. The van der Waals surface area contributed by atoms with Gasteiger partial charge in [0.15, 0.2) is 11.5 Å². The molecular formula is C17H25N3O4. The fourth-order valence-electron chi connectivity index (χ4n) is 2.69. The topological polar surface area (TPSA) is 71.1 Å². The average Bonchev–Trinajstić information content (AvgIpc) is 2.61. The largest absolute Gasteiger partial charge is 0.493 e. The molecule has 0 radical (unpaired) electrons. The van der Waals surface area contributed by atoms with Crippen LogP contribution in [-0.4, -0.2) is 68.7 Å². The van der Waals surface area contributed by atoms with Crippen molar-refractivity contribution < 1.29 is 19.1 Å². The molecule has 1 N–H and O–H groups in total. The Balaban J connectivity index is 1.78. The van der Waals surface area contributed by atoms with Gasteiger partial charge in [-0.3, -0.25) is 4.79 Å². The molecule has 1 aromatic carbocycles. The van der Waals surface area contributed by atoms with E-state index in [-0.39, 0.29) is 11.9 Å². The number of piperazine rings is 1. The molecule has 0 bridgehead atoms. The number of methoxy groups -OCH3 is 2. The molecule has 0 spiro atoms. The molecule has 0 saturated carbocycles. The second kappa shape index (κ2) is 8.42. The van der Waals surface area contributed by atoms with Gasteiger partial charge in [-0.1, -0.05) is 6.07 Å². The Morgan fingerprint density at radius 2 is 1.67 bits per heavy atom. The molecule has 132 valence electrons. The molecule has 1 heterocycles. The molecule has 1 aliphatic rings. The number of urea groups is 1. The number of benzene rings is 1. The van der Waals surface area contributed by atoms with Crippen molar-refractivity contribution >= 4 is 11.9 Å². The lowest BCUT2D eigenvalue weighted by Gasteiger charge is -2.34. The number of nitrogens with one attached hydrogen (secondary N) is 1. The Bertz CT molecular complexity index is 583. The van der Waals surface area contributed by atoms with Crippen molar-refractivity contribution in [2.75, 3.05) is 46.9 Å². The van der Waals surface area contributed by atoms with E-state index >= 15 is 0 Å². The number of hydrogen-bond acceptors (Lipinski definition) is 4. The lowest BCUT2D eigenvalue weighted by Crippen LogP contribution is -2.52. The third-order valence-corrected chi connectivity index (χ3v) is 4.15. The standard InChI is InChI=1S/C17H25N3O4/c1-13(21)19-8-10-20(11-9-19)17(22)18-7-6-14-4-5-15(23-2)16(12-14)24-3/h4-5,12H,6-11H2,1-3H3,(H,18,22). The Morgan fingerprint density at radius 3 is 2.25 bits per heavy atom. The van der Waals surface area contributed by atoms with Crippen LogP contribution in [0, 0.1) is 0 Å². The molecule has 1 fully saturated rings. The fraction of sp³-hybridized carbons (Fsp3) is 0.529. The number of hydrogen-bond donors (Lipinski definition) is 1. The molecule has 7 nitrogen and oxygen atoms in total. The van der Waals surface area contributed by atoms with Gasteiger partial charge in [-0.25, -0.2) is 4.79 Å². The zero-order valence-corrected chi connectivity index (χ0v) is 14.5. The first kappa shape index (κ1) is 17.9. The van der Waals surface area contributed by atoms with Crippen molar-refractivity contribution in [1.82, 2.24) is 15.1 Å². The van der Waals surface area contributed by atoms with Crippen LogP contribution in [0.4, 0.5) is 4.79 Å². The number of carbonyl (C=O) groups is 2. The molecule has 0 aromatic heterocycles. The van der Waals surface area contributed by atoms with E-state index in [9.17, 15) is 9.59 Å². The van der Waals surface area contributed by atoms with Gasteiger partial charge < -0.3 is 24.6 Å². The molecule has 7 heteroatoms. The minimum Gasteiger partial charge on any atom is -0.493 e. The molecule has 0 unspecified atom stereocenters. The number of ether oxygens (including phenoxy) is 2. The van der Waals surface area contributed by atoms with E-state index in [1.54, 1.807) is 30.9 Å². The zero-order valence-electron chi connectivity index (χ0n) is 14.5. The fourth-order valence-corrected chi connectivity index (χ4v) is 2.69. The van der Waals surface area contributed by atoms with Crippen LogP contribution >= 0.6 is 0 Å². The Kier molecular flexibility index (Phi) is 6.28. The highest BCUT2D eigenvalue weighted by Gasteiger charge is 2.21. The Morgan fingerprint density at radius 1 is 1.04 bits per heavy atom. The molecule has 1 aromatic rings. The summed E-state index contributed by atoms with van der Waals surface area (Å²) >= 11 is 0. The summed E-state index contributed by atoms with van der Waals surface area (Å²) in [5, 5.41) is 2.92. The summed E-state index contributed by atoms with van der Waals surface area (Å²) in [6.45, 7) is 4.43. The minimum absolute atomic E-state index is 0.0588. The quantitative estimate of drug-likeness (QED) is 0.875. The van der Waals surface area contributed by atoms with Crippen molar-refractivity contribution in [2.24, 2.45) is 0 Å². The van der Waals surface area contributed by atoms with E-state index < -0.39 is 0 Å². The van der Waals surface area contributed by atoms with E-state index in [4.69, 9.17) is 9.47 Å². The highest BCUT2D eigenvalue weighted by Crippen LogP contribution is 2.27. The number of rotatable bonds is 5. The first-order valence-corrected chi connectivity index (χ1v) is 8.04. The average molecular weight is 335 g/mol. The smallest absolute Gasteiger partial charge is 0.317 e. The summed E-state index contributed by atoms with van der Waals surface area (Å²) in [5.41, 5.74) is 1.06. The van der Waals surface area contributed by atoms with Gasteiger partial charge in [0.25, 0.3) is 0 Å². The van der Waals surface area contributed by atoms with Crippen molar-refractivity contribution in [1.29, 1.82) is 0 Å². The third-order valence-electron chi connectivity index (χ3n) is 4.15. The zero-order chi connectivity index (χ0) is 17.5. The predicted molar refractivity (Wildman–Crippen MR) is 90.5 cm³/mol. The molecule has 1 saturated heterocycles. The summed E-state index contributed by atoms with van der Waals surface area (Å²) in [5.74, 6) is 1.43. The van der Waals surface area contributed by atoms with E-state index in [0.29, 0.717) is 50.6 Å². The van der Waals surface area contributed by atoms with Gasteiger partial charge in [0, 0.05) is 39.6 Å². The maximum absolute atomic E-state index is 12.2. The van der Waals surface area contributed by atoms with Crippen LogP contribution in [0.2, 0.25) is 0 Å². The maximum atomic E-state index is 12.2. The normalized spacial score (nSPS) is 14.3. The maximum Gasteiger partial charge on any atom is 0.317 e. The SMILES string of the molecule is COc1ccc(CCNC(=O)N2CCN(C(C)=O)CC2)cc1OC. The van der Waals surface area contributed by atoms with Crippen LogP contribution in [0.5, 0.6) is 11.5 Å². The highest BCUT2D eigenvalue weighted by molar-refractivity contribution is 5.76. The van der Waals surface area contributed by atoms with Gasteiger partial charge in [0.05, 0.1) is 14.2 Å². The second-order valence-corrected chi connectivity index (χ2v) is 5.66. The minimum atomic E-state index is -0.0846. The van der Waals surface area contributed by atoms with Gasteiger partial charge in [-0.2, -0.15) is 0 Å². The first-order valence-electron chi connectivity index (χ1n) is 8.04. The first-order chi connectivity index (χ1) is 11.5. The molecule has 2 rings (SSSR count). The van der Waals surface area contributed by atoms with Gasteiger partial charge in [-0.05, 0) is 24.1 Å². The van der Waals surface area contributed by atoms with Crippen LogP contribution in [0.1, 0.15) is 12.5 Å². The molecule has 0 aliphatic carbocycles. The van der Waals surface area contributed by atoms with E-state index in [1.807, 2.05) is 18.2 Å². The summed E-state index contributed by atoms with van der Waals surface area (Å²) in [4.78, 5) is 26.9. The number of carbonyl (C=O) groups excluding carboxylic acids is 2. The lowest BCUT2D eigenvalue weighted by atomic mass is 10.1. The van der Waals surface area contributed by atoms with E-state index in [1.165, 1.54) is 0 Å². The third kappa shape index (κ3) is 4.53. The molecule has 1 aliphatic heterocycles. The highest BCUT2D eigenvalue weighted by atomic mass is 16.5. The van der Waals surface area contributed by atoms with Gasteiger partial charge in [0.2, 0.25) is 5.91 Å². The van der Waals surface area contributed by atoms with Gasteiger partial charge >= 0.3 is 6.03 Å². The Labute approximate surface area is 142 Å². The van der Waals surface area contributed by atoms with Crippen molar-refractivity contribution in [2.45, 2.75) is 13.3 Å². The van der Waals surface area contributed by atoms with Gasteiger partial charge in [0.1, 0.15) is 0 Å². The summed E-state index contributed by atoms with van der Waals surface area (Å²) in [6, 6.07) is 5.64. The van der Waals surface area contributed by atoms with Crippen molar-refractivity contribution in [3.63, 3.8) is 0 Å². The van der Waals surface area contributed by atoms with E-state index in [2.05, 4.69) is 5.32 Å². The second-order valence-electron chi connectivity index (χ2n) is 5.66. The molecule has 24 heavy (non-hydrogen) atoms. The Hall–Kier alpha value is -2.44. The molecular weight excluding hydrogens is 310 g/mol. The lowest BCUT2D eigenvalue weighted by molar-refractivity contribution is -0.130. The number of nitrogens with zero attached hydrogens (tertiary/aromatic N) is 2. The molecule has 0 atom stereocenters. The van der Waals surface area contributed by atoms with Crippen LogP contribution in [-0.2, 0) is 11.2 Å². The van der Waals surface area contributed by atoms with E-state index in [0.717, 1.165) is 5.56 Å². The molecule has 3 amide bonds. The van der Waals surface area contributed by atoms with Crippen LogP contribution in [0.25, 0.3) is 0 Å². The monoisotopic (exact) mass is 335 g/mol. The summed E-state index contributed by atoms with van der Waals surface area (Å²) in [7, 11) is 3.20. The van der Waals surface area contributed by atoms with Crippen LogP contribution < -0.4 is 14.8 Å². The van der Waals surface area contributed by atoms with Crippen LogP contribution in [0.15, 0.2) is 18.2 Å². The summed E-state index contributed by atoms with van der Waals surface area (Å²) in [6.07, 6.45) is 0.708. The number of amides is 3. The van der Waals surface area contributed by atoms with Gasteiger partial charge in [-0.15, -0.1) is 0 Å². The van der Waals surface area contributed by atoms with Crippen molar-refractivity contribution in [3.8, 4) is 11.5 Å². The van der Waals surface area contributed by atoms with Crippen LogP contribution in [0.3, 0.4) is 0 Å². The predicted octanol–water partition coefficient (Wildman–Crippen LogP) is 1.12. The van der Waals surface area contributed by atoms with Crippen molar-refractivity contribution in [3.05, 3.63) is 23.8 Å².